The van der Waals surface area contributed by atoms with Crippen LogP contribution in [-0.2, 0) is 9.63 Å². The van der Waals surface area contributed by atoms with Crippen LogP contribution in [0.4, 0.5) is 4.79 Å². The Hall–Kier alpha value is -1.92. The number of amides is 1. The highest BCUT2D eigenvalue weighted by atomic mass is 35.5. The second kappa shape index (κ2) is 7.91. The average molecular weight is 324 g/mol. The summed E-state index contributed by atoms with van der Waals surface area (Å²) in [5, 5.41) is 8.90. The summed E-state index contributed by atoms with van der Waals surface area (Å²) in [6, 6.07) is 8.99. The Labute approximate surface area is 133 Å². The Morgan fingerprint density at radius 2 is 2.05 bits per heavy atom. The summed E-state index contributed by atoms with van der Waals surface area (Å²) in [4.78, 5) is 27.7. The van der Waals surface area contributed by atoms with Gasteiger partial charge in [-0.05, 0) is 36.9 Å². The lowest BCUT2D eigenvalue weighted by Crippen LogP contribution is -2.51. The molecule has 6 nitrogen and oxygen atoms in total. The quantitative estimate of drug-likeness (QED) is 0.292. The molecule has 0 aromatic heterocycles. The lowest BCUT2D eigenvalue weighted by atomic mass is 10.0. The monoisotopic (exact) mass is 323 g/mol. The molecule has 0 radical (unpaired) electrons. The normalized spacial score (nSPS) is 22.0. The molecule has 0 spiro atoms. The third-order valence-corrected chi connectivity index (χ3v) is 3.59. The van der Waals surface area contributed by atoms with E-state index in [2.05, 4.69) is 15.8 Å². The van der Waals surface area contributed by atoms with E-state index in [0.29, 0.717) is 25.1 Å². The highest BCUT2D eigenvalue weighted by Gasteiger charge is 2.27. The van der Waals surface area contributed by atoms with Crippen LogP contribution in [0.1, 0.15) is 25.3 Å². The van der Waals surface area contributed by atoms with Crippen molar-refractivity contribution in [2.75, 3.05) is 6.54 Å². The molecule has 118 valence electrons. The second-order valence-corrected chi connectivity index (χ2v) is 5.45. The molecule has 0 unspecified atom stereocenters. The minimum Gasteiger partial charge on any atom is -0.339 e. The molecule has 2 N–H and O–H groups in total. The van der Waals surface area contributed by atoms with Crippen LogP contribution in [0.5, 0.6) is 0 Å². The lowest BCUT2D eigenvalue weighted by Gasteiger charge is -2.27. The van der Waals surface area contributed by atoms with Gasteiger partial charge in [-0.15, -0.1) is 0 Å². The van der Waals surface area contributed by atoms with Crippen molar-refractivity contribution in [1.82, 2.24) is 10.6 Å². The first-order chi connectivity index (χ1) is 10.6. The Kier molecular flexibility index (Phi) is 5.91. The van der Waals surface area contributed by atoms with Crippen LogP contribution in [0.2, 0.25) is 0 Å². The number of nitrogens with one attached hydrogen (secondary N) is 2. The third-order valence-electron chi connectivity index (χ3n) is 3.48. The Morgan fingerprint density at radius 1 is 1.32 bits per heavy atom. The zero-order valence-corrected chi connectivity index (χ0v) is 13.0. The van der Waals surface area contributed by atoms with Crippen molar-refractivity contribution in [3.63, 3.8) is 0 Å². The predicted octanol–water partition coefficient (Wildman–Crippen LogP) is 2.02. The Bertz CT molecular complexity index is 554. The number of hydrogen-bond acceptors (Lipinski definition) is 5. The first kappa shape index (κ1) is 16.5. The Morgan fingerprint density at radius 3 is 2.64 bits per heavy atom. The first-order valence-electron chi connectivity index (χ1n) is 7.06. The van der Waals surface area contributed by atoms with Crippen molar-refractivity contribution in [1.29, 1.82) is 0 Å². The molecule has 1 amide bonds. The molecule has 1 aromatic carbocycles. The summed E-state index contributed by atoms with van der Waals surface area (Å²) in [5.41, 5.74) is 1.54. The second-order valence-electron chi connectivity index (χ2n) is 5.11. The van der Waals surface area contributed by atoms with E-state index >= 15 is 0 Å². The lowest BCUT2D eigenvalue weighted by molar-refractivity contribution is -0.146. The minimum absolute atomic E-state index is 0.0661. The van der Waals surface area contributed by atoms with Crippen LogP contribution < -0.4 is 10.6 Å². The van der Waals surface area contributed by atoms with Gasteiger partial charge in [0.1, 0.15) is 6.04 Å². The number of carbonyl (C=O) groups excluding carboxylic acids is 2. The maximum absolute atomic E-state index is 12.0. The van der Waals surface area contributed by atoms with E-state index in [1.165, 1.54) is 0 Å². The summed E-state index contributed by atoms with van der Waals surface area (Å²) in [7, 11) is 0. The minimum atomic E-state index is -0.587. The molecule has 7 heteroatoms. The summed E-state index contributed by atoms with van der Waals surface area (Å²) in [6.07, 6.45) is 1.22. The smallest absolute Gasteiger partial charge is 0.339 e. The van der Waals surface area contributed by atoms with Gasteiger partial charge in [0, 0.05) is 12.6 Å². The highest BCUT2D eigenvalue weighted by Crippen LogP contribution is 2.11. The SMILES string of the molecule is CC(=NOC(=O)[C@@H]1CC[C@@H](NC(=O)Cl)CN1)c1ccccc1. The zero-order valence-electron chi connectivity index (χ0n) is 12.2. The maximum atomic E-state index is 12.0. The fourth-order valence-corrected chi connectivity index (χ4v) is 2.40. The van der Waals surface area contributed by atoms with Gasteiger partial charge in [-0.1, -0.05) is 35.5 Å². The molecular formula is C15H18ClN3O3. The molecule has 1 heterocycles. The van der Waals surface area contributed by atoms with Crippen LogP contribution in [0.3, 0.4) is 0 Å². The number of hydrogen-bond donors (Lipinski definition) is 2. The fraction of sp³-hybridized carbons (Fsp3) is 0.400. The predicted molar refractivity (Wildman–Crippen MR) is 83.9 cm³/mol. The van der Waals surface area contributed by atoms with Crippen LogP contribution >= 0.6 is 11.6 Å². The van der Waals surface area contributed by atoms with Crippen molar-refractivity contribution in [3.8, 4) is 0 Å². The van der Waals surface area contributed by atoms with E-state index in [-0.39, 0.29) is 6.04 Å². The molecular weight excluding hydrogens is 306 g/mol. The van der Waals surface area contributed by atoms with Crippen molar-refractivity contribution in [2.24, 2.45) is 5.16 Å². The van der Waals surface area contributed by atoms with Crippen LogP contribution in [-0.4, -0.2) is 35.7 Å². The van der Waals surface area contributed by atoms with Crippen molar-refractivity contribution >= 4 is 28.6 Å². The van der Waals surface area contributed by atoms with Gasteiger partial charge in [0.15, 0.2) is 0 Å². The Balaban J connectivity index is 1.82. The topological polar surface area (TPSA) is 79.8 Å². The number of carbonyl (C=O) groups is 2. The number of oxime groups is 1. The van der Waals surface area contributed by atoms with Gasteiger partial charge in [-0.2, -0.15) is 0 Å². The van der Waals surface area contributed by atoms with Gasteiger partial charge in [-0.25, -0.2) is 4.79 Å². The average Bonchev–Trinajstić information content (AvgIpc) is 2.53. The first-order valence-corrected chi connectivity index (χ1v) is 7.44. The van der Waals surface area contributed by atoms with Crippen LogP contribution in [0.15, 0.2) is 35.5 Å². The van der Waals surface area contributed by atoms with Gasteiger partial charge in [0.25, 0.3) is 0 Å². The van der Waals surface area contributed by atoms with Crippen molar-refractivity contribution < 1.29 is 14.4 Å². The fourth-order valence-electron chi connectivity index (χ4n) is 2.25. The number of halogens is 1. The van der Waals surface area contributed by atoms with E-state index in [1.54, 1.807) is 6.92 Å². The number of nitrogens with zero attached hydrogens (tertiary/aromatic N) is 1. The summed E-state index contributed by atoms with van der Waals surface area (Å²) in [6.45, 7) is 2.25. The molecule has 0 saturated carbocycles. The largest absolute Gasteiger partial charge is 0.351 e. The summed E-state index contributed by atoms with van der Waals surface area (Å²) in [5.74, 6) is -0.425. The van der Waals surface area contributed by atoms with E-state index in [9.17, 15) is 9.59 Å². The molecule has 1 saturated heterocycles. The number of rotatable bonds is 4. The highest BCUT2D eigenvalue weighted by molar-refractivity contribution is 6.62. The number of benzene rings is 1. The molecule has 2 rings (SSSR count). The van der Waals surface area contributed by atoms with E-state index < -0.39 is 17.4 Å². The van der Waals surface area contributed by atoms with Gasteiger partial charge in [-0.3, -0.25) is 4.79 Å². The molecule has 1 aliphatic heterocycles. The molecule has 22 heavy (non-hydrogen) atoms. The van der Waals surface area contributed by atoms with Crippen LogP contribution in [0.25, 0.3) is 0 Å². The number of piperidine rings is 1. The molecule has 2 atom stereocenters. The van der Waals surface area contributed by atoms with E-state index in [0.717, 1.165) is 5.56 Å². The molecule has 1 aliphatic rings. The van der Waals surface area contributed by atoms with Gasteiger partial charge in [0.05, 0.1) is 5.71 Å². The molecule has 1 fully saturated rings. The zero-order chi connectivity index (χ0) is 15.9. The summed E-state index contributed by atoms with van der Waals surface area (Å²) < 4.78 is 0. The molecule has 0 aliphatic carbocycles. The van der Waals surface area contributed by atoms with Gasteiger partial charge >= 0.3 is 11.3 Å². The van der Waals surface area contributed by atoms with Crippen molar-refractivity contribution in [2.45, 2.75) is 31.8 Å². The maximum Gasteiger partial charge on any atom is 0.351 e. The van der Waals surface area contributed by atoms with Crippen molar-refractivity contribution in [3.05, 3.63) is 35.9 Å². The van der Waals surface area contributed by atoms with E-state index in [1.807, 2.05) is 30.3 Å². The van der Waals surface area contributed by atoms with Gasteiger partial charge in [0.2, 0.25) is 0 Å². The van der Waals surface area contributed by atoms with Crippen LogP contribution in [0, 0.1) is 0 Å². The third kappa shape index (κ3) is 4.82. The summed E-state index contributed by atoms with van der Waals surface area (Å²) >= 11 is 5.27. The van der Waals surface area contributed by atoms with E-state index in [4.69, 9.17) is 16.4 Å². The van der Waals surface area contributed by atoms with Gasteiger partial charge < -0.3 is 15.5 Å². The molecule has 0 bridgehead atoms. The standard InChI is InChI=1S/C15H18ClN3O3/c1-10(11-5-3-2-4-6-11)19-22-14(20)13-8-7-12(9-17-13)18-15(16)21/h2-6,12-13,17H,7-9H2,1H3,(H,18,21)/t12-,13+/m1/s1. The molecule has 1 aromatic rings.